The molecule has 23 heavy (non-hydrogen) atoms. The van der Waals surface area contributed by atoms with E-state index in [0.717, 1.165) is 12.8 Å². The van der Waals surface area contributed by atoms with E-state index < -0.39 is 0 Å². The van der Waals surface area contributed by atoms with E-state index in [1.54, 1.807) is 0 Å². The summed E-state index contributed by atoms with van der Waals surface area (Å²) in [7, 11) is 0. The Morgan fingerprint density at radius 1 is 1.39 bits per heavy atom. The van der Waals surface area contributed by atoms with Gasteiger partial charge in [-0.1, -0.05) is 30.4 Å². The number of allylic oxidation sites excluding steroid dienone is 1. The number of fused-ring (bicyclic) bond motifs is 3. The fraction of sp³-hybridized carbons (Fsp3) is 0.421. The highest BCUT2D eigenvalue weighted by Gasteiger charge is 2.57. The minimum atomic E-state index is -0.231. The highest BCUT2D eigenvalue weighted by Crippen LogP contribution is 2.54. The Bertz CT molecular complexity index is 628. The van der Waals surface area contributed by atoms with Crippen LogP contribution in [-0.4, -0.2) is 36.9 Å². The maximum absolute atomic E-state index is 12.5. The molecular weight excluding hydrogens is 288 g/mol. The number of amides is 1. The summed E-state index contributed by atoms with van der Waals surface area (Å²) in [6.45, 7) is 11.5. The van der Waals surface area contributed by atoms with Crippen LogP contribution in [0.15, 0.2) is 49.6 Å². The third kappa shape index (κ3) is 2.24. The molecule has 0 aliphatic carbocycles. The normalized spacial score (nSPS) is 25.0. The molecule has 4 nitrogen and oxygen atoms in total. The molecule has 0 saturated carbocycles. The van der Waals surface area contributed by atoms with E-state index in [9.17, 15) is 4.79 Å². The van der Waals surface area contributed by atoms with Crippen molar-refractivity contribution in [3.63, 3.8) is 0 Å². The van der Waals surface area contributed by atoms with E-state index in [0.29, 0.717) is 19.7 Å². The lowest BCUT2D eigenvalue weighted by molar-refractivity contribution is 0.0972. The number of anilines is 1. The largest absolute Gasteiger partial charge is 0.450 e. The van der Waals surface area contributed by atoms with Crippen molar-refractivity contribution in [1.29, 1.82) is 0 Å². The van der Waals surface area contributed by atoms with Gasteiger partial charge in [0.15, 0.2) is 0 Å². The molecule has 0 spiro atoms. The molecule has 1 aromatic carbocycles. The maximum Gasteiger partial charge on any atom is 0.411 e. The van der Waals surface area contributed by atoms with Gasteiger partial charge in [0.05, 0.1) is 6.61 Å². The average molecular weight is 312 g/mol. The Balaban J connectivity index is 2.09. The van der Waals surface area contributed by atoms with Crippen molar-refractivity contribution in [2.45, 2.75) is 31.3 Å². The summed E-state index contributed by atoms with van der Waals surface area (Å²) in [6, 6.07) is 8.44. The van der Waals surface area contributed by atoms with Crippen LogP contribution < -0.4 is 4.90 Å². The lowest BCUT2D eigenvalue weighted by Gasteiger charge is -2.37. The van der Waals surface area contributed by atoms with Gasteiger partial charge < -0.3 is 9.64 Å². The van der Waals surface area contributed by atoms with Crippen LogP contribution in [0.25, 0.3) is 0 Å². The van der Waals surface area contributed by atoms with Crippen molar-refractivity contribution in [2.75, 3.05) is 24.6 Å². The van der Waals surface area contributed by atoms with Crippen LogP contribution in [-0.2, 0) is 10.2 Å². The summed E-state index contributed by atoms with van der Waals surface area (Å²) < 4.78 is 5.29. The summed E-state index contributed by atoms with van der Waals surface area (Å²) in [5, 5.41) is 0. The van der Waals surface area contributed by atoms with Gasteiger partial charge in [-0.3, -0.25) is 4.90 Å². The Morgan fingerprint density at radius 2 is 2.17 bits per heavy atom. The molecule has 0 unspecified atom stereocenters. The zero-order valence-electron chi connectivity index (χ0n) is 13.7. The summed E-state index contributed by atoms with van der Waals surface area (Å²) >= 11 is 0. The summed E-state index contributed by atoms with van der Waals surface area (Å²) in [5.41, 5.74) is 2.39. The molecule has 1 aromatic rings. The molecule has 2 heterocycles. The van der Waals surface area contributed by atoms with E-state index in [1.807, 2.05) is 30.0 Å². The van der Waals surface area contributed by atoms with Gasteiger partial charge in [-0.05, 0) is 31.4 Å². The topological polar surface area (TPSA) is 32.8 Å². The lowest BCUT2D eigenvalue weighted by Crippen LogP contribution is -2.52. The van der Waals surface area contributed by atoms with Crippen molar-refractivity contribution in [3.8, 4) is 0 Å². The van der Waals surface area contributed by atoms with Gasteiger partial charge in [-0.2, -0.15) is 0 Å². The first kappa shape index (κ1) is 15.7. The van der Waals surface area contributed by atoms with Crippen molar-refractivity contribution < 1.29 is 9.53 Å². The smallest absolute Gasteiger partial charge is 0.411 e. The van der Waals surface area contributed by atoms with Crippen LogP contribution >= 0.6 is 0 Å². The summed E-state index contributed by atoms with van der Waals surface area (Å²) in [4.78, 5) is 16.6. The van der Waals surface area contributed by atoms with E-state index in [4.69, 9.17) is 4.74 Å². The predicted molar refractivity (Wildman–Crippen MR) is 92.6 cm³/mol. The Labute approximate surface area is 138 Å². The fourth-order valence-electron chi connectivity index (χ4n) is 4.20. The second-order valence-corrected chi connectivity index (χ2v) is 6.12. The average Bonchev–Trinajstić information content (AvgIpc) is 3.04. The number of carbonyl (C=O) groups excluding carboxylic acids is 1. The number of likely N-dealkylation sites (tertiary alicyclic amines) is 1. The molecule has 122 valence electrons. The van der Waals surface area contributed by atoms with E-state index >= 15 is 0 Å². The van der Waals surface area contributed by atoms with Crippen molar-refractivity contribution in [2.24, 2.45) is 0 Å². The molecule has 2 aliphatic heterocycles. The number of nitrogens with zero attached hydrogens (tertiary/aromatic N) is 2. The molecule has 1 amide bonds. The molecule has 0 radical (unpaired) electrons. The van der Waals surface area contributed by atoms with Gasteiger partial charge in [0.25, 0.3) is 0 Å². The van der Waals surface area contributed by atoms with Gasteiger partial charge >= 0.3 is 6.09 Å². The van der Waals surface area contributed by atoms with Gasteiger partial charge in [-0.15, -0.1) is 13.2 Å². The summed E-state index contributed by atoms with van der Waals surface area (Å²) in [6.07, 6.45) is 5.36. The molecule has 1 saturated heterocycles. The molecule has 2 aliphatic rings. The van der Waals surface area contributed by atoms with E-state index in [-0.39, 0.29) is 17.7 Å². The first-order valence-corrected chi connectivity index (χ1v) is 8.21. The predicted octanol–water partition coefficient (Wildman–Crippen LogP) is 3.69. The number of ether oxygens (including phenoxy) is 1. The van der Waals surface area contributed by atoms with Gasteiger partial charge in [0.2, 0.25) is 0 Å². The van der Waals surface area contributed by atoms with E-state index in [1.165, 1.54) is 11.3 Å². The highest BCUT2D eigenvalue weighted by atomic mass is 16.6. The number of para-hydroxylation sites is 1. The molecule has 3 rings (SSSR count). The second-order valence-electron chi connectivity index (χ2n) is 6.12. The Hall–Kier alpha value is -2.23. The van der Waals surface area contributed by atoms with Crippen LogP contribution in [0.4, 0.5) is 10.5 Å². The molecule has 4 heteroatoms. The maximum atomic E-state index is 12.5. The van der Waals surface area contributed by atoms with Crippen molar-refractivity contribution >= 4 is 11.8 Å². The zero-order valence-corrected chi connectivity index (χ0v) is 13.7. The third-order valence-electron chi connectivity index (χ3n) is 4.97. The molecule has 0 aromatic heterocycles. The van der Waals surface area contributed by atoms with Crippen LogP contribution in [0.3, 0.4) is 0 Å². The first-order chi connectivity index (χ1) is 11.2. The van der Waals surface area contributed by atoms with Crippen LogP contribution in [0.5, 0.6) is 0 Å². The highest BCUT2D eigenvalue weighted by molar-refractivity contribution is 5.74. The molecule has 1 fully saturated rings. The SMILES string of the molecule is C=CCN1c2ccccc2[C@]2(CC=C)CCN(C(=O)OCC)[C@H]12. The quantitative estimate of drug-likeness (QED) is 0.777. The standard InChI is InChI=1S/C19H24N2O2/c1-4-11-19-12-14-21(18(22)23-6-3)17(19)20(13-5-2)16-10-8-7-9-15(16)19/h4-5,7-10,17H,1-2,6,11-14H2,3H3/t17-,19-/m0/s1. The van der Waals surface area contributed by atoms with Gasteiger partial charge in [-0.25, -0.2) is 4.79 Å². The van der Waals surface area contributed by atoms with Crippen molar-refractivity contribution in [3.05, 3.63) is 55.1 Å². The minimum Gasteiger partial charge on any atom is -0.450 e. The van der Waals surface area contributed by atoms with Crippen LogP contribution in [0, 0.1) is 0 Å². The Morgan fingerprint density at radius 3 is 2.87 bits per heavy atom. The van der Waals surface area contributed by atoms with E-state index in [2.05, 4.69) is 36.3 Å². The first-order valence-electron chi connectivity index (χ1n) is 8.21. The van der Waals surface area contributed by atoms with Crippen molar-refractivity contribution in [1.82, 2.24) is 4.90 Å². The molecule has 0 N–H and O–H groups in total. The number of carbonyl (C=O) groups is 1. The fourth-order valence-corrected chi connectivity index (χ4v) is 4.20. The second kappa shape index (κ2) is 6.11. The molecule has 2 atom stereocenters. The molecular formula is C19H24N2O2. The Kier molecular flexibility index (Phi) is 4.16. The number of benzene rings is 1. The van der Waals surface area contributed by atoms with Crippen LogP contribution in [0.2, 0.25) is 0 Å². The monoisotopic (exact) mass is 312 g/mol. The number of hydrogen-bond acceptors (Lipinski definition) is 3. The zero-order chi connectivity index (χ0) is 16.4. The van der Waals surface area contributed by atoms with Gasteiger partial charge in [0, 0.05) is 24.2 Å². The minimum absolute atomic E-state index is 0.0325. The van der Waals surface area contributed by atoms with Gasteiger partial charge in [0.1, 0.15) is 6.17 Å². The third-order valence-corrected chi connectivity index (χ3v) is 4.97. The number of rotatable bonds is 5. The summed E-state index contributed by atoms with van der Waals surface area (Å²) in [5.74, 6) is 0. The molecule has 0 bridgehead atoms. The number of hydrogen-bond donors (Lipinski definition) is 0. The lowest BCUT2D eigenvalue weighted by atomic mass is 9.76. The van der Waals surface area contributed by atoms with Crippen LogP contribution in [0.1, 0.15) is 25.3 Å².